The second-order valence-corrected chi connectivity index (χ2v) is 6.97. The first-order valence-electron chi connectivity index (χ1n) is 7.11. The van der Waals surface area contributed by atoms with Gasteiger partial charge in [0.15, 0.2) is 5.16 Å². The van der Waals surface area contributed by atoms with E-state index in [2.05, 4.69) is 15.5 Å². The number of nitrogens with one attached hydrogen (secondary N) is 1. The third kappa shape index (κ3) is 2.85. The van der Waals surface area contributed by atoms with E-state index in [1.54, 1.807) is 11.3 Å². The number of rotatable bonds is 4. The van der Waals surface area contributed by atoms with Crippen LogP contribution in [-0.4, -0.2) is 26.3 Å². The highest BCUT2D eigenvalue weighted by atomic mass is 32.2. The summed E-state index contributed by atoms with van der Waals surface area (Å²) in [7, 11) is 0. The summed E-state index contributed by atoms with van der Waals surface area (Å²) < 4.78 is 15.9. The summed E-state index contributed by atoms with van der Waals surface area (Å²) in [6.45, 7) is 0. The molecule has 0 aliphatic carbocycles. The Morgan fingerprint density at radius 1 is 1.17 bits per heavy atom. The van der Waals surface area contributed by atoms with Crippen LogP contribution in [0.15, 0.2) is 53.7 Å². The van der Waals surface area contributed by atoms with Gasteiger partial charge >= 0.3 is 0 Å². The Kier molecular flexibility index (Phi) is 3.91. The standard InChI is InChI=1S/C16H11FN4OS2/c17-10-5-7-11(8-6-10)18-14(22)9-23-15-19-20-16-21(15)12-3-1-2-4-13(12)24-16/h1-8H,9H2,(H,18,22). The predicted octanol–water partition coefficient (Wildman–Crippen LogP) is 3.81. The van der Waals surface area contributed by atoms with Gasteiger partial charge in [0.2, 0.25) is 10.9 Å². The number of aromatic nitrogens is 3. The molecule has 0 unspecified atom stereocenters. The zero-order chi connectivity index (χ0) is 16.5. The van der Waals surface area contributed by atoms with Crippen LogP contribution >= 0.6 is 23.1 Å². The molecule has 0 atom stereocenters. The lowest BCUT2D eigenvalue weighted by Crippen LogP contribution is -2.14. The van der Waals surface area contributed by atoms with Crippen molar-refractivity contribution in [1.82, 2.24) is 14.6 Å². The topological polar surface area (TPSA) is 59.3 Å². The van der Waals surface area contributed by atoms with E-state index >= 15 is 0 Å². The summed E-state index contributed by atoms with van der Waals surface area (Å²) >= 11 is 2.88. The molecular formula is C16H11FN4OS2. The molecule has 5 nitrogen and oxygen atoms in total. The van der Waals surface area contributed by atoms with Gasteiger partial charge in [0.05, 0.1) is 16.0 Å². The summed E-state index contributed by atoms with van der Waals surface area (Å²) in [5, 5.41) is 11.7. The molecule has 24 heavy (non-hydrogen) atoms. The summed E-state index contributed by atoms with van der Waals surface area (Å²) in [5.41, 5.74) is 1.60. The fourth-order valence-electron chi connectivity index (χ4n) is 2.31. The number of halogens is 1. The van der Waals surface area contributed by atoms with Crippen LogP contribution in [0.4, 0.5) is 10.1 Å². The highest BCUT2D eigenvalue weighted by molar-refractivity contribution is 7.99. The van der Waals surface area contributed by atoms with Crippen LogP contribution in [0, 0.1) is 5.82 Å². The molecule has 0 saturated heterocycles. The average molecular weight is 358 g/mol. The molecule has 0 radical (unpaired) electrons. The molecule has 0 fully saturated rings. The van der Waals surface area contributed by atoms with Crippen molar-refractivity contribution in [1.29, 1.82) is 0 Å². The van der Waals surface area contributed by atoms with Crippen molar-refractivity contribution in [3.05, 3.63) is 54.3 Å². The van der Waals surface area contributed by atoms with E-state index in [9.17, 15) is 9.18 Å². The smallest absolute Gasteiger partial charge is 0.234 e. The molecule has 8 heteroatoms. The van der Waals surface area contributed by atoms with Gasteiger partial charge in [-0.2, -0.15) is 0 Å². The van der Waals surface area contributed by atoms with E-state index in [1.807, 2.05) is 28.7 Å². The maximum Gasteiger partial charge on any atom is 0.234 e. The second-order valence-electron chi connectivity index (χ2n) is 5.01. The van der Waals surface area contributed by atoms with Gasteiger partial charge in [-0.3, -0.25) is 9.20 Å². The number of hydrogen-bond donors (Lipinski definition) is 1. The zero-order valence-corrected chi connectivity index (χ0v) is 13.9. The van der Waals surface area contributed by atoms with Crippen molar-refractivity contribution in [2.45, 2.75) is 5.16 Å². The number of para-hydroxylation sites is 1. The monoisotopic (exact) mass is 358 g/mol. The molecule has 1 amide bonds. The first-order chi connectivity index (χ1) is 11.7. The Labute approximate surface area is 144 Å². The molecule has 0 aliphatic rings. The van der Waals surface area contributed by atoms with Gasteiger partial charge in [0.25, 0.3) is 0 Å². The molecule has 0 spiro atoms. The van der Waals surface area contributed by atoms with Crippen LogP contribution in [0.2, 0.25) is 0 Å². The van der Waals surface area contributed by atoms with Crippen LogP contribution in [0.1, 0.15) is 0 Å². The molecule has 2 aromatic heterocycles. The van der Waals surface area contributed by atoms with Crippen LogP contribution in [0.3, 0.4) is 0 Å². The highest BCUT2D eigenvalue weighted by Crippen LogP contribution is 2.29. The van der Waals surface area contributed by atoms with Crippen molar-refractivity contribution < 1.29 is 9.18 Å². The van der Waals surface area contributed by atoms with E-state index in [-0.39, 0.29) is 17.5 Å². The first-order valence-corrected chi connectivity index (χ1v) is 8.92. The van der Waals surface area contributed by atoms with Crippen molar-refractivity contribution in [2.75, 3.05) is 11.1 Å². The molecule has 4 aromatic rings. The van der Waals surface area contributed by atoms with E-state index in [0.29, 0.717) is 10.8 Å². The van der Waals surface area contributed by atoms with Gasteiger partial charge in [0, 0.05) is 5.69 Å². The lowest BCUT2D eigenvalue weighted by Gasteiger charge is -2.04. The molecule has 4 rings (SSSR count). The maximum atomic E-state index is 12.9. The van der Waals surface area contributed by atoms with E-state index in [1.165, 1.54) is 36.0 Å². The average Bonchev–Trinajstić information content (AvgIpc) is 3.14. The molecular weight excluding hydrogens is 347 g/mol. The van der Waals surface area contributed by atoms with Crippen LogP contribution in [0.25, 0.3) is 15.2 Å². The van der Waals surface area contributed by atoms with Crippen LogP contribution < -0.4 is 5.32 Å². The lowest BCUT2D eigenvalue weighted by molar-refractivity contribution is -0.113. The first kappa shape index (κ1) is 15.1. The number of carbonyl (C=O) groups is 1. The Hall–Kier alpha value is -2.45. The Morgan fingerprint density at radius 2 is 1.96 bits per heavy atom. The van der Waals surface area contributed by atoms with Gasteiger partial charge < -0.3 is 5.32 Å². The fraction of sp³-hybridized carbons (Fsp3) is 0.0625. The molecule has 2 aromatic carbocycles. The Bertz CT molecular complexity index is 1030. The lowest BCUT2D eigenvalue weighted by atomic mass is 10.3. The van der Waals surface area contributed by atoms with Gasteiger partial charge in [-0.25, -0.2) is 4.39 Å². The summed E-state index contributed by atoms with van der Waals surface area (Å²) in [6.07, 6.45) is 0. The Balaban J connectivity index is 1.50. The van der Waals surface area contributed by atoms with E-state index in [0.717, 1.165) is 15.2 Å². The normalized spacial score (nSPS) is 11.2. The minimum absolute atomic E-state index is 0.178. The molecule has 1 N–H and O–H groups in total. The minimum Gasteiger partial charge on any atom is -0.325 e. The number of thioether (sulfide) groups is 1. The summed E-state index contributed by atoms with van der Waals surface area (Å²) in [5.74, 6) is -0.317. The van der Waals surface area contributed by atoms with Crippen molar-refractivity contribution in [3.8, 4) is 0 Å². The van der Waals surface area contributed by atoms with Crippen molar-refractivity contribution in [3.63, 3.8) is 0 Å². The van der Waals surface area contributed by atoms with Gasteiger partial charge in [-0.05, 0) is 36.4 Å². The largest absolute Gasteiger partial charge is 0.325 e. The fourth-order valence-corrected chi connectivity index (χ4v) is 4.08. The maximum absolute atomic E-state index is 12.9. The molecule has 2 heterocycles. The number of benzene rings is 2. The third-order valence-electron chi connectivity index (χ3n) is 3.37. The quantitative estimate of drug-likeness (QED) is 0.564. The SMILES string of the molecule is O=C(CSc1nnc2sc3ccccc3n12)Nc1ccc(F)cc1. The predicted molar refractivity (Wildman–Crippen MR) is 94.1 cm³/mol. The number of anilines is 1. The van der Waals surface area contributed by atoms with E-state index in [4.69, 9.17) is 0 Å². The molecule has 0 saturated carbocycles. The number of amides is 1. The van der Waals surface area contributed by atoms with Gasteiger partial charge in [0.1, 0.15) is 5.82 Å². The molecule has 0 bridgehead atoms. The third-order valence-corrected chi connectivity index (χ3v) is 5.31. The summed E-state index contributed by atoms with van der Waals surface area (Å²) in [4.78, 5) is 12.9. The molecule has 120 valence electrons. The van der Waals surface area contributed by atoms with Gasteiger partial charge in [-0.15, -0.1) is 10.2 Å². The van der Waals surface area contributed by atoms with Crippen molar-refractivity contribution >= 4 is 49.9 Å². The number of thiazole rings is 1. The number of hydrogen-bond acceptors (Lipinski definition) is 5. The van der Waals surface area contributed by atoms with E-state index < -0.39 is 0 Å². The number of carbonyl (C=O) groups excluding carboxylic acids is 1. The molecule has 0 aliphatic heterocycles. The van der Waals surface area contributed by atoms with Gasteiger partial charge in [-0.1, -0.05) is 35.2 Å². The zero-order valence-electron chi connectivity index (χ0n) is 12.3. The second kappa shape index (κ2) is 6.21. The summed E-state index contributed by atoms with van der Waals surface area (Å²) in [6, 6.07) is 13.7. The van der Waals surface area contributed by atoms with Crippen LogP contribution in [-0.2, 0) is 4.79 Å². The number of fused-ring (bicyclic) bond motifs is 3. The minimum atomic E-state index is -0.336. The van der Waals surface area contributed by atoms with Crippen LogP contribution in [0.5, 0.6) is 0 Å². The number of nitrogens with zero attached hydrogens (tertiary/aromatic N) is 3. The van der Waals surface area contributed by atoms with Crippen molar-refractivity contribution in [2.24, 2.45) is 0 Å². The highest BCUT2D eigenvalue weighted by Gasteiger charge is 2.14. The Morgan fingerprint density at radius 3 is 2.79 bits per heavy atom.